The van der Waals surface area contributed by atoms with Gasteiger partial charge < -0.3 is 4.74 Å². The number of ether oxygens (including phenoxy) is 1. The van der Waals surface area contributed by atoms with Gasteiger partial charge in [-0.2, -0.15) is 0 Å². The van der Waals surface area contributed by atoms with Gasteiger partial charge in [-0.15, -0.1) is 0 Å². The average molecular weight is 347 g/mol. The summed E-state index contributed by atoms with van der Waals surface area (Å²) < 4.78 is 5.76. The molecule has 0 amide bonds. The Hall–Kier alpha value is -3.47. The van der Waals surface area contributed by atoms with Crippen molar-refractivity contribution in [1.29, 1.82) is 0 Å². The van der Waals surface area contributed by atoms with E-state index in [0.717, 1.165) is 11.1 Å². The minimum absolute atomic E-state index is 0.0239. The molecule has 5 nitrogen and oxygen atoms in total. The molecular formula is C21H17NO4. The zero-order valence-corrected chi connectivity index (χ0v) is 14.2. The van der Waals surface area contributed by atoms with Crippen molar-refractivity contribution in [3.8, 4) is 0 Å². The van der Waals surface area contributed by atoms with Gasteiger partial charge in [0.15, 0.2) is 6.10 Å². The molecule has 0 spiro atoms. The van der Waals surface area contributed by atoms with Gasteiger partial charge in [0, 0.05) is 11.6 Å². The second-order valence-electron chi connectivity index (χ2n) is 5.87. The third-order valence-electron chi connectivity index (χ3n) is 4.06. The first-order valence-corrected chi connectivity index (χ1v) is 8.12. The lowest BCUT2D eigenvalue weighted by Crippen LogP contribution is -2.13. The topological polar surface area (TPSA) is 69.4 Å². The maximum absolute atomic E-state index is 12.6. The zero-order valence-electron chi connectivity index (χ0n) is 14.2. The first kappa shape index (κ1) is 17.4. The molecule has 0 aliphatic heterocycles. The van der Waals surface area contributed by atoms with Crippen LogP contribution in [0.3, 0.4) is 0 Å². The van der Waals surface area contributed by atoms with Crippen molar-refractivity contribution in [3.05, 3.63) is 111 Å². The van der Waals surface area contributed by atoms with E-state index < -0.39 is 17.0 Å². The first-order valence-electron chi connectivity index (χ1n) is 8.12. The Bertz CT molecular complexity index is 884. The van der Waals surface area contributed by atoms with Gasteiger partial charge in [-0.05, 0) is 30.2 Å². The predicted octanol–water partition coefficient (Wildman–Crippen LogP) is 4.85. The number of nitro groups is 1. The summed E-state index contributed by atoms with van der Waals surface area (Å²) in [6.45, 7) is 1.60. The van der Waals surface area contributed by atoms with Crippen molar-refractivity contribution < 1.29 is 14.5 Å². The maximum atomic E-state index is 12.6. The Morgan fingerprint density at radius 1 is 0.923 bits per heavy atom. The summed E-state index contributed by atoms with van der Waals surface area (Å²) in [7, 11) is 0. The van der Waals surface area contributed by atoms with Crippen molar-refractivity contribution in [2.24, 2.45) is 0 Å². The summed E-state index contributed by atoms with van der Waals surface area (Å²) in [4.78, 5) is 23.1. The van der Waals surface area contributed by atoms with Crippen molar-refractivity contribution in [2.45, 2.75) is 13.0 Å². The first-order chi connectivity index (χ1) is 12.6. The van der Waals surface area contributed by atoms with Crippen LogP contribution >= 0.6 is 0 Å². The number of nitro benzene ring substituents is 1. The van der Waals surface area contributed by atoms with Gasteiger partial charge in [0.1, 0.15) is 0 Å². The molecule has 0 saturated carbocycles. The number of hydrogen-bond donors (Lipinski definition) is 0. The van der Waals surface area contributed by atoms with E-state index in [1.54, 1.807) is 6.92 Å². The molecular weight excluding hydrogens is 330 g/mol. The number of nitrogens with zero attached hydrogens (tertiary/aromatic N) is 1. The van der Waals surface area contributed by atoms with E-state index in [4.69, 9.17) is 4.74 Å². The van der Waals surface area contributed by atoms with E-state index in [-0.39, 0.29) is 11.3 Å². The summed E-state index contributed by atoms with van der Waals surface area (Å²) in [5.74, 6) is -0.527. The van der Waals surface area contributed by atoms with Crippen LogP contribution in [0, 0.1) is 17.0 Å². The average Bonchev–Trinajstić information content (AvgIpc) is 2.67. The fourth-order valence-electron chi connectivity index (χ4n) is 2.75. The molecule has 26 heavy (non-hydrogen) atoms. The van der Waals surface area contributed by atoms with E-state index >= 15 is 0 Å². The molecule has 0 heterocycles. The Labute approximate surface area is 151 Å². The predicted molar refractivity (Wildman–Crippen MR) is 98.0 cm³/mol. The van der Waals surface area contributed by atoms with Crippen LogP contribution < -0.4 is 0 Å². The maximum Gasteiger partial charge on any atom is 0.339 e. The Morgan fingerprint density at radius 2 is 1.46 bits per heavy atom. The molecule has 130 valence electrons. The SMILES string of the molecule is Cc1cc(C(=O)OC(c2ccccc2)c2ccccc2)ccc1[N+](=O)[O-]. The molecule has 0 aliphatic carbocycles. The minimum Gasteiger partial charge on any atom is -0.449 e. The number of rotatable bonds is 5. The number of esters is 1. The highest BCUT2D eigenvalue weighted by Crippen LogP contribution is 2.28. The standard InChI is InChI=1S/C21H17NO4/c1-15-14-18(12-13-19(15)22(24)25)21(23)26-20(16-8-4-2-5-9-16)17-10-6-3-7-11-17/h2-14,20H,1H3. The molecule has 0 saturated heterocycles. The smallest absolute Gasteiger partial charge is 0.339 e. The highest BCUT2D eigenvalue weighted by atomic mass is 16.6. The zero-order chi connectivity index (χ0) is 18.5. The normalized spacial score (nSPS) is 10.5. The van der Waals surface area contributed by atoms with Crippen LogP contribution in [-0.2, 0) is 4.74 Å². The van der Waals surface area contributed by atoms with Crippen molar-refractivity contribution in [2.75, 3.05) is 0 Å². The number of aryl methyl sites for hydroxylation is 1. The van der Waals surface area contributed by atoms with Gasteiger partial charge in [-0.1, -0.05) is 60.7 Å². The molecule has 3 aromatic rings. The molecule has 3 aromatic carbocycles. The lowest BCUT2D eigenvalue weighted by molar-refractivity contribution is -0.385. The van der Waals surface area contributed by atoms with Crippen LogP contribution in [0.2, 0.25) is 0 Å². The third-order valence-corrected chi connectivity index (χ3v) is 4.06. The Morgan fingerprint density at radius 3 is 1.92 bits per heavy atom. The molecule has 0 aliphatic rings. The fraction of sp³-hybridized carbons (Fsp3) is 0.0952. The highest BCUT2D eigenvalue weighted by Gasteiger charge is 2.21. The Balaban J connectivity index is 1.91. The van der Waals surface area contributed by atoms with E-state index in [0.29, 0.717) is 5.56 Å². The number of benzene rings is 3. The van der Waals surface area contributed by atoms with Crippen LogP contribution in [0.25, 0.3) is 0 Å². The summed E-state index contributed by atoms with van der Waals surface area (Å²) in [5.41, 5.74) is 2.38. The van der Waals surface area contributed by atoms with E-state index in [2.05, 4.69) is 0 Å². The second kappa shape index (κ2) is 7.61. The van der Waals surface area contributed by atoms with Crippen LogP contribution in [0.15, 0.2) is 78.9 Å². The van der Waals surface area contributed by atoms with Crippen molar-refractivity contribution >= 4 is 11.7 Å². The van der Waals surface area contributed by atoms with Gasteiger partial charge in [-0.25, -0.2) is 4.79 Å². The number of carbonyl (C=O) groups excluding carboxylic acids is 1. The van der Waals surface area contributed by atoms with Crippen molar-refractivity contribution in [1.82, 2.24) is 0 Å². The highest BCUT2D eigenvalue weighted by molar-refractivity contribution is 5.90. The van der Waals surface area contributed by atoms with Crippen LogP contribution in [0.5, 0.6) is 0 Å². The van der Waals surface area contributed by atoms with Gasteiger partial charge in [0.2, 0.25) is 0 Å². The lowest BCUT2D eigenvalue weighted by Gasteiger charge is -2.19. The van der Waals surface area contributed by atoms with Gasteiger partial charge in [-0.3, -0.25) is 10.1 Å². The molecule has 0 fully saturated rings. The molecule has 0 unspecified atom stereocenters. The minimum atomic E-state index is -0.555. The second-order valence-corrected chi connectivity index (χ2v) is 5.87. The third kappa shape index (κ3) is 3.78. The number of carbonyl (C=O) groups is 1. The van der Waals surface area contributed by atoms with Gasteiger partial charge in [0.25, 0.3) is 5.69 Å². The van der Waals surface area contributed by atoms with Crippen LogP contribution in [0.1, 0.15) is 33.2 Å². The van der Waals surface area contributed by atoms with E-state index in [9.17, 15) is 14.9 Å². The molecule has 0 aromatic heterocycles. The molecule has 0 bridgehead atoms. The van der Waals surface area contributed by atoms with Crippen molar-refractivity contribution in [3.63, 3.8) is 0 Å². The van der Waals surface area contributed by atoms with E-state index in [1.807, 2.05) is 60.7 Å². The molecule has 0 atom stereocenters. The van der Waals surface area contributed by atoms with Gasteiger partial charge in [0.05, 0.1) is 10.5 Å². The fourth-order valence-corrected chi connectivity index (χ4v) is 2.75. The summed E-state index contributed by atoms with van der Waals surface area (Å²) in [6, 6.07) is 23.1. The summed E-state index contributed by atoms with van der Waals surface area (Å²) in [5, 5.41) is 10.9. The van der Waals surface area contributed by atoms with Gasteiger partial charge >= 0.3 is 5.97 Å². The van der Waals surface area contributed by atoms with E-state index in [1.165, 1.54) is 18.2 Å². The van der Waals surface area contributed by atoms with Crippen LogP contribution in [0.4, 0.5) is 5.69 Å². The lowest BCUT2D eigenvalue weighted by atomic mass is 10.0. The molecule has 0 radical (unpaired) electrons. The molecule has 5 heteroatoms. The number of hydrogen-bond acceptors (Lipinski definition) is 4. The van der Waals surface area contributed by atoms with Crippen LogP contribution in [-0.4, -0.2) is 10.9 Å². The summed E-state index contributed by atoms with van der Waals surface area (Å²) in [6.07, 6.45) is -0.555. The summed E-state index contributed by atoms with van der Waals surface area (Å²) >= 11 is 0. The monoisotopic (exact) mass is 347 g/mol. The quantitative estimate of drug-likeness (QED) is 0.376. The molecule has 3 rings (SSSR count). The largest absolute Gasteiger partial charge is 0.449 e. The molecule has 0 N–H and O–H groups in total. The Kier molecular flexibility index (Phi) is 5.08.